The summed E-state index contributed by atoms with van der Waals surface area (Å²) < 4.78 is 24.6. The van der Waals surface area contributed by atoms with Crippen LogP contribution in [0.25, 0.3) is 0 Å². The number of β-amino-alcohol motifs (C(OH)–C–C–N with tert-alkyl or cyclic N) is 1. The predicted molar refractivity (Wildman–Crippen MR) is 76.8 cm³/mol. The van der Waals surface area contributed by atoms with Crippen molar-refractivity contribution in [2.45, 2.75) is 25.1 Å². The zero-order valence-corrected chi connectivity index (χ0v) is 12.4. The molecule has 2 aliphatic heterocycles. The molecule has 1 aromatic rings. The monoisotopic (exact) mass is 296 g/mol. The number of rotatable bonds is 2. The molecule has 0 spiro atoms. The SMILES string of the molecule is CS(=O)(=O)N1C[C@@H](O)[C@H](N2CCc3ccccc3C2)C1. The second-order valence-electron chi connectivity index (χ2n) is 5.70. The fraction of sp³-hybridized carbons (Fsp3) is 0.571. The Bertz CT molecular complexity index is 602. The Morgan fingerprint density at radius 2 is 1.90 bits per heavy atom. The summed E-state index contributed by atoms with van der Waals surface area (Å²) in [7, 11) is -3.22. The smallest absolute Gasteiger partial charge is 0.211 e. The molecular weight excluding hydrogens is 276 g/mol. The van der Waals surface area contributed by atoms with Gasteiger partial charge in [-0.15, -0.1) is 0 Å². The third-order valence-corrected chi connectivity index (χ3v) is 5.56. The molecule has 5 nitrogen and oxygen atoms in total. The molecule has 0 saturated carbocycles. The highest BCUT2D eigenvalue weighted by Gasteiger charge is 2.39. The molecule has 6 heteroatoms. The first-order valence-corrected chi connectivity index (χ1v) is 8.74. The van der Waals surface area contributed by atoms with E-state index in [4.69, 9.17) is 0 Å². The van der Waals surface area contributed by atoms with Crippen LogP contribution in [0.1, 0.15) is 11.1 Å². The fourth-order valence-corrected chi connectivity index (χ4v) is 4.01. The summed E-state index contributed by atoms with van der Waals surface area (Å²) in [5.74, 6) is 0. The Morgan fingerprint density at radius 1 is 1.20 bits per heavy atom. The molecule has 2 aliphatic rings. The number of benzene rings is 1. The number of aliphatic hydroxyl groups is 1. The molecular formula is C14H20N2O3S. The normalized spacial score (nSPS) is 28.5. The van der Waals surface area contributed by atoms with E-state index in [1.165, 1.54) is 21.7 Å². The zero-order valence-electron chi connectivity index (χ0n) is 11.6. The van der Waals surface area contributed by atoms with Crippen molar-refractivity contribution in [1.82, 2.24) is 9.21 Å². The summed E-state index contributed by atoms with van der Waals surface area (Å²) in [4.78, 5) is 2.21. The van der Waals surface area contributed by atoms with Crippen molar-refractivity contribution in [3.05, 3.63) is 35.4 Å². The standard InChI is InChI=1S/C14H20N2O3S/c1-20(18,19)16-9-13(14(17)10-16)15-7-6-11-4-2-3-5-12(11)8-15/h2-5,13-14,17H,6-10H2,1H3/t13-,14-/m1/s1. The van der Waals surface area contributed by atoms with E-state index < -0.39 is 16.1 Å². The summed E-state index contributed by atoms with van der Waals surface area (Å²) in [6.07, 6.45) is 1.56. The molecule has 3 rings (SSSR count). The van der Waals surface area contributed by atoms with Gasteiger partial charge in [0, 0.05) is 26.2 Å². The van der Waals surface area contributed by atoms with Crippen LogP contribution < -0.4 is 0 Å². The maximum absolute atomic E-state index is 11.6. The minimum absolute atomic E-state index is 0.0990. The summed E-state index contributed by atoms with van der Waals surface area (Å²) in [6.45, 7) is 2.26. The van der Waals surface area contributed by atoms with Crippen LogP contribution >= 0.6 is 0 Å². The quantitative estimate of drug-likeness (QED) is 0.838. The van der Waals surface area contributed by atoms with E-state index >= 15 is 0 Å². The Balaban J connectivity index is 1.75. The lowest BCUT2D eigenvalue weighted by Gasteiger charge is -2.34. The van der Waals surface area contributed by atoms with Crippen LogP contribution in [-0.2, 0) is 23.0 Å². The lowest BCUT2D eigenvalue weighted by atomic mass is 9.98. The first kappa shape index (κ1) is 14.0. The van der Waals surface area contributed by atoms with Crippen LogP contribution in [0.2, 0.25) is 0 Å². The molecule has 0 aliphatic carbocycles. The highest BCUT2D eigenvalue weighted by molar-refractivity contribution is 7.88. The van der Waals surface area contributed by atoms with Gasteiger partial charge >= 0.3 is 0 Å². The molecule has 2 atom stereocenters. The first-order valence-electron chi connectivity index (χ1n) is 6.89. The van der Waals surface area contributed by atoms with E-state index in [1.54, 1.807) is 0 Å². The van der Waals surface area contributed by atoms with Crippen molar-refractivity contribution in [2.75, 3.05) is 25.9 Å². The van der Waals surface area contributed by atoms with Crippen molar-refractivity contribution in [2.24, 2.45) is 0 Å². The number of hydrogen-bond donors (Lipinski definition) is 1. The molecule has 0 bridgehead atoms. The molecule has 0 radical (unpaired) electrons. The van der Waals surface area contributed by atoms with Crippen LogP contribution in [0.5, 0.6) is 0 Å². The van der Waals surface area contributed by atoms with Crippen molar-refractivity contribution in [3.63, 3.8) is 0 Å². The predicted octanol–water partition coefficient (Wildman–Crippen LogP) is 0.0494. The van der Waals surface area contributed by atoms with Gasteiger partial charge in [-0.25, -0.2) is 8.42 Å². The van der Waals surface area contributed by atoms with E-state index in [0.717, 1.165) is 19.5 Å². The highest BCUT2D eigenvalue weighted by atomic mass is 32.2. The molecule has 110 valence electrons. The Morgan fingerprint density at radius 3 is 2.55 bits per heavy atom. The van der Waals surface area contributed by atoms with E-state index in [1.807, 2.05) is 12.1 Å². The van der Waals surface area contributed by atoms with Crippen molar-refractivity contribution in [3.8, 4) is 0 Å². The average molecular weight is 296 g/mol. The number of aliphatic hydroxyl groups excluding tert-OH is 1. The minimum atomic E-state index is -3.22. The summed E-state index contributed by atoms with van der Waals surface area (Å²) in [5.41, 5.74) is 2.64. The topological polar surface area (TPSA) is 60.9 Å². The lowest BCUT2D eigenvalue weighted by molar-refractivity contribution is 0.0746. The maximum Gasteiger partial charge on any atom is 0.211 e. The molecule has 1 aromatic carbocycles. The van der Waals surface area contributed by atoms with Gasteiger partial charge in [0.1, 0.15) is 0 Å². The summed E-state index contributed by atoms with van der Waals surface area (Å²) in [5, 5.41) is 10.2. The van der Waals surface area contributed by atoms with E-state index in [0.29, 0.717) is 6.54 Å². The minimum Gasteiger partial charge on any atom is -0.390 e. The number of hydrogen-bond acceptors (Lipinski definition) is 4. The molecule has 0 unspecified atom stereocenters. The van der Waals surface area contributed by atoms with Gasteiger partial charge in [-0.05, 0) is 17.5 Å². The Labute approximate surface area is 119 Å². The number of fused-ring (bicyclic) bond motifs is 1. The molecule has 1 saturated heterocycles. The third kappa shape index (κ3) is 2.61. The van der Waals surface area contributed by atoms with Gasteiger partial charge in [0.25, 0.3) is 0 Å². The van der Waals surface area contributed by atoms with Crippen LogP contribution in [0.4, 0.5) is 0 Å². The Kier molecular flexibility index (Phi) is 3.58. The van der Waals surface area contributed by atoms with Gasteiger partial charge in [0.05, 0.1) is 18.4 Å². The van der Waals surface area contributed by atoms with Crippen LogP contribution in [0.3, 0.4) is 0 Å². The maximum atomic E-state index is 11.6. The second kappa shape index (κ2) is 5.11. The van der Waals surface area contributed by atoms with E-state index in [2.05, 4.69) is 17.0 Å². The van der Waals surface area contributed by atoms with Gasteiger partial charge in [-0.1, -0.05) is 24.3 Å². The summed E-state index contributed by atoms with van der Waals surface area (Å²) in [6, 6.07) is 8.22. The lowest BCUT2D eigenvalue weighted by Crippen LogP contribution is -2.45. The molecule has 0 amide bonds. The highest BCUT2D eigenvalue weighted by Crippen LogP contribution is 2.25. The van der Waals surface area contributed by atoms with Gasteiger partial charge < -0.3 is 5.11 Å². The zero-order chi connectivity index (χ0) is 14.3. The van der Waals surface area contributed by atoms with Crippen molar-refractivity contribution < 1.29 is 13.5 Å². The molecule has 2 heterocycles. The van der Waals surface area contributed by atoms with Crippen LogP contribution in [-0.4, -0.2) is 60.8 Å². The molecule has 0 aromatic heterocycles. The van der Waals surface area contributed by atoms with Crippen molar-refractivity contribution >= 4 is 10.0 Å². The molecule has 1 N–H and O–H groups in total. The first-order chi connectivity index (χ1) is 9.45. The van der Waals surface area contributed by atoms with E-state index in [-0.39, 0.29) is 12.6 Å². The molecule has 20 heavy (non-hydrogen) atoms. The Hall–Kier alpha value is -0.950. The third-order valence-electron chi connectivity index (χ3n) is 4.32. The van der Waals surface area contributed by atoms with Gasteiger partial charge in [0.2, 0.25) is 10.0 Å². The van der Waals surface area contributed by atoms with Crippen molar-refractivity contribution in [1.29, 1.82) is 0 Å². The fourth-order valence-electron chi connectivity index (χ4n) is 3.17. The molecule has 1 fully saturated rings. The number of sulfonamides is 1. The van der Waals surface area contributed by atoms with E-state index in [9.17, 15) is 13.5 Å². The van der Waals surface area contributed by atoms with Gasteiger partial charge in [0.15, 0.2) is 0 Å². The second-order valence-corrected chi connectivity index (χ2v) is 7.69. The van der Waals surface area contributed by atoms with Gasteiger partial charge in [-0.2, -0.15) is 4.31 Å². The largest absolute Gasteiger partial charge is 0.390 e. The van der Waals surface area contributed by atoms with Crippen LogP contribution in [0, 0.1) is 0 Å². The summed E-state index contributed by atoms with van der Waals surface area (Å²) >= 11 is 0. The average Bonchev–Trinajstić information content (AvgIpc) is 2.80. The van der Waals surface area contributed by atoms with Crippen LogP contribution in [0.15, 0.2) is 24.3 Å². The van der Waals surface area contributed by atoms with Gasteiger partial charge in [-0.3, -0.25) is 4.90 Å². The number of nitrogens with zero attached hydrogens (tertiary/aromatic N) is 2.